The third-order valence-corrected chi connectivity index (χ3v) is 4.45. The van der Waals surface area contributed by atoms with E-state index < -0.39 is 0 Å². The first-order valence-electron chi connectivity index (χ1n) is 7.93. The van der Waals surface area contributed by atoms with Crippen molar-refractivity contribution in [2.45, 2.75) is 12.8 Å². The number of benzene rings is 2. The predicted octanol–water partition coefficient (Wildman–Crippen LogP) is 4.48. The fraction of sp³-hybridized carbons (Fsp3) is 0.211. The first-order valence-corrected chi connectivity index (χ1v) is 8.31. The highest BCUT2D eigenvalue weighted by Gasteiger charge is 2.30. The van der Waals surface area contributed by atoms with Crippen LogP contribution in [0.2, 0.25) is 5.02 Å². The quantitative estimate of drug-likeness (QED) is 0.662. The zero-order valence-corrected chi connectivity index (χ0v) is 13.5. The van der Waals surface area contributed by atoms with Crippen molar-refractivity contribution in [2.75, 3.05) is 18.0 Å². The summed E-state index contributed by atoms with van der Waals surface area (Å²) in [7, 11) is 0. The summed E-state index contributed by atoms with van der Waals surface area (Å²) in [5.41, 5.74) is 2.14. The van der Waals surface area contributed by atoms with Crippen LogP contribution in [0.1, 0.15) is 12.8 Å². The van der Waals surface area contributed by atoms with Gasteiger partial charge < -0.3 is 4.42 Å². The van der Waals surface area contributed by atoms with Gasteiger partial charge in [-0.15, -0.1) is 0 Å². The lowest BCUT2D eigenvalue weighted by atomic mass is 10.2. The van der Waals surface area contributed by atoms with Gasteiger partial charge in [0.2, 0.25) is 0 Å². The van der Waals surface area contributed by atoms with E-state index in [1.54, 1.807) is 0 Å². The number of nitrogens with zero attached hydrogens (tertiary/aromatic N) is 2. The van der Waals surface area contributed by atoms with Gasteiger partial charge in [-0.1, -0.05) is 41.9 Å². The van der Waals surface area contributed by atoms with E-state index >= 15 is 0 Å². The van der Waals surface area contributed by atoms with Gasteiger partial charge in [0.25, 0.3) is 0 Å². The van der Waals surface area contributed by atoms with Gasteiger partial charge in [-0.2, -0.15) is 4.57 Å². The lowest BCUT2D eigenvalue weighted by Crippen LogP contribution is -2.36. The molecule has 0 N–H and O–H groups in total. The topological polar surface area (TPSA) is 20.3 Å². The van der Waals surface area contributed by atoms with Crippen molar-refractivity contribution in [1.82, 2.24) is 0 Å². The van der Waals surface area contributed by atoms with Gasteiger partial charge >= 0.3 is 6.01 Å². The Morgan fingerprint density at radius 2 is 1.61 bits per heavy atom. The van der Waals surface area contributed by atoms with E-state index in [0.717, 1.165) is 41.1 Å². The largest absolute Gasteiger partial charge is 0.462 e. The lowest BCUT2D eigenvalue weighted by Gasteiger charge is -2.07. The molecule has 3 aromatic rings. The van der Waals surface area contributed by atoms with Gasteiger partial charge in [0.05, 0.1) is 13.1 Å². The molecule has 2 heterocycles. The Bertz CT molecular complexity index is 790. The van der Waals surface area contributed by atoms with Crippen molar-refractivity contribution in [3.63, 3.8) is 0 Å². The van der Waals surface area contributed by atoms with Crippen molar-refractivity contribution in [1.29, 1.82) is 0 Å². The Morgan fingerprint density at radius 1 is 0.913 bits per heavy atom. The predicted molar refractivity (Wildman–Crippen MR) is 92.1 cm³/mol. The standard InChI is InChI=1S/C19H18ClN2O/c20-16-8-10-17(11-9-16)22-14-18(15-6-2-1-3-7-15)23-19(22)21-12-4-5-13-21/h1-3,6-11,14H,4-5,12-13H2/q+1. The van der Waals surface area contributed by atoms with Crippen LogP contribution in [-0.2, 0) is 0 Å². The Labute approximate surface area is 140 Å². The van der Waals surface area contributed by atoms with E-state index in [9.17, 15) is 0 Å². The third-order valence-electron chi connectivity index (χ3n) is 4.19. The van der Waals surface area contributed by atoms with Gasteiger partial charge in [-0.25, -0.2) is 4.90 Å². The molecular weight excluding hydrogens is 308 g/mol. The van der Waals surface area contributed by atoms with E-state index in [4.69, 9.17) is 16.0 Å². The van der Waals surface area contributed by atoms with Crippen LogP contribution in [0, 0.1) is 0 Å². The number of rotatable bonds is 3. The molecule has 3 nitrogen and oxygen atoms in total. The Morgan fingerprint density at radius 3 is 2.30 bits per heavy atom. The van der Waals surface area contributed by atoms with Crippen LogP contribution in [0.15, 0.2) is 65.2 Å². The molecule has 0 radical (unpaired) electrons. The molecule has 23 heavy (non-hydrogen) atoms. The first-order chi connectivity index (χ1) is 11.3. The van der Waals surface area contributed by atoms with Gasteiger partial charge in [-0.3, -0.25) is 0 Å². The minimum Gasteiger partial charge on any atom is -0.387 e. The summed E-state index contributed by atoms with van der Waals surface area (Å²) in [5.74, 6) is 0.877. The van der Waals surface area contributed by atoms with Crippen molar-refractivity contribution >= 4 is 17.6 Å². The van der Waals surface area contributed by atoms with Crippen LogP contribution >= 0.6 is 11.6 Å². The van der Waals surface area contributed by atoms with E-state index in [-0.39, 0.29) is 0 Å². The molecule has 0 amide bonds. The summed E-state index contributed by atoms with van der Waals surface area (Å²) in [6, 6.07) is 19.0. The normalized spacial score (nSPS) is 14.4. The minimum atomic E-state index is 0.740. The van der Waals surface area contributed by atoms with Crippen molar-refractivity contribution in [2.24, 2.45) is 0 Å². The van der Waals surface area contributed by atoms with Crippen molar-refractivity contribution in [3.8, 4) is 17.0 Å². The number of oxazole rings is 1. The number of hydrogen-bond acceptors (Lipinski definition) is 2. The third kappa shape index (κ3) is 2.84. The van der Waals surface area contributed by atoms with Crippen LogP contribution in [0.5, 0.6) is 0 Å². The summed E-state index contributed by atoms with van der Waals surface area (Å²) in [4.78, 5) is 2.31. The molecule has 0 aliphatic carbocycles. The lowest BCUT2D eigenvalue weighted by molar-refractivity contribution is -0.584. The SMILES string of the molecule is Clc1ccc(-[n+]2cc(-c3ccccc3)oc2N2CCCC2)cc1. The van der Waals surface area contributed by atoms with Gasteiger partial charge in [-0.05, 0) is 37.1 Å². The molecule has 4 heteroatoms. The Balaban J connectivity index is 1.82. The molecule has 1 saturated heterocycles. The zero-order valence-electron chi connectivity index (χ0n) is 12.8. The molecule has 0 spiro atoms. The minimum absolute atomic E-state index is 0.740. The molecule has 116 valence electrons. The Kier molecular flexibility index (Phi) is 3.80. The molecule has 0 bridgehead atoms. The van der Waals surface area contributed by atoms with Crippen LogP contribution < -0.4 is 9.47 Å². The van der Waals surface area contributed by atoms with Crippen LogP contribution in [-0.4, -0.2) is 13.1 Å². The molecule has 0 saturated carbocycles. The highest BCUT2D eigenvalue weighted by atomic mass is 35.5. The summed E-state index contributed by atoms with van der Waals surface area (Å²) in [6.45, 7) is 2.07. The second-order valence-electron chi connectivity index (χ2n) is 5.78. The molecule has 1 aromatic heterocycles. The van der Waals surface area contributed by atoms with Crippen LogP contribution in [0.3, 0.4) is 0 Å². The second-order valence-corrected chi connectivity index (χ2v) is 6.22. The van der Waals surface area contributed by atoms with E-state index in [1.165, 1.54) is 12.8 Å². The fourth-order valence-corrected chi connectivity index (χ4v) is 3.12. The molecule has 0 unspecified atom stereocenters. The van der Waals surface area contributed by atoms with Gasteiger partial charge in [0.1, 0.15) is 11.9 Å². The summed E-state index contributed by atoms with van der Waals surface area (Å²) in [5, 5.41) is 0.740. The number of hydrogen-bond donors (Lipinski definition) is 0. The molecule has 2 aromatic carbocycles. The highest BCUT2D eigenvalue weighted by molar-refractivity contribution is 6.30. The number of aromatic nitrogens is 1. The zero-order chi connectivity index (χ0) is 15.6. The maximum absolute atomic E-state index is 6.23. The van der Waals surface area contributed by atoms with Crippen LogP contribution in [0.25, 0.3) is 17.0 Å². The number of anilines is 1. The van der Waals surface area contributed by atoms with Gasteiger partial charge in [0.15, 0.2) is 5.76 Å². The summed E-state index contributed by atoms with van der Waals surface area (Å²) < 4.78 is 8.34. The fourth-order valence-electron chi connectivity index (χ4n) is 2.99. The second kappa shape index (κ2) is 6.09. The summed E-state index contributed by atoms with van der Waals surface area (Å²) >= 11 is 6.02. The molecule has 1 aliphatic heterocycles. The number of halogens is 1. The van der Waals surface area contributed by atoms with E-state index in [0.29, 0.717) is 0 Å². The molecule has 1 fully saturated rings. The average Bonchev–Trinajstić information content (AvgIpc) is 3.26. The van der Waals surface area contributed by atoms with E-state index in [1.807, 2.05) is 42.5 Å². The monoisotopic (exact) mass is 325 g/mol. The molecule has 1 aliphatic rings. The molecular formula is C19H18ClN2O+. The molecule has 0 atom stereocenters. The van der Waals surface area contributed by atoms with Gasteiger partial charge in [0, 0.05) is 10.6 Å². The highest BCUT2D eigenvalue weighted by Crippen LogP contribution is 2.26. The molecule has 4 rings (SSSR count). The van der Waals surface area contributed by atoms with Crippen LogP contribution in [0.4, 0.5) is 6.01 Å². The van der Waals surface area contributed by atoms with Crippen molar-refractivity contribution < 1.29 is 8.98 Å². The first kappa shape index (κ1) is 14.3. The van der Waals surface area contributed by atoms with Crippen molar-refractivity contribution in [3.05, 3.63) is 65.8 Å². The Hall–Kier alpha value is -2.26. The average molecular weight is 326 g/mol. The maximum Gasteiger partial charge on any atom is 0.462 e. The smallest absolute Gasteiger partial charge is 0.387 e. The summed E-state index contributed by atoms with van der Waals surface area (Å²) in [6.07, 6.45) is 4.48. The maximum atomic E-state index is 6.23. The van der Waals surface area contributed by atoms with E-state index in [2.05, 4.69) is 27.8 Å².